The summed E-state index contributed by atoms with van der Waals surface area (Å²) in [6.45, 7) is 5.00. The lowest BCUT2D eigenvalue weighted by atomic mass is 10.1. The summed E-state index contributed by atoms with van der Waals surface area (Å²) in [6.07, 6.45) is 5.86. The number of ether oxygens (including phenoxy) is 1. The van der Waals surface area contributed by atoms with E-state index in [1.54, 1.807) is 4.90 Å². The molecule has 3 rings (SSSR count). The third-order valence-electron chi connectivity index (χ3n) is 4.96. The first-order valence-electron chi connectivity index (χ1n) is 9.50. The van der Waals surface area contributed by atoms with Crippen molar-refractivity contribution in [3.05, 3.63) is 29.8 Å². The molecule has 2 heterocycles. The molecule has 5 heteroatoms. The van der Waals surface area contributed by atoms with Gasteiger partial charge in [0.15, 0.2) is 0 Å². The van der Waals surface area contributed by atoms with E-state index in [1.807, 2.05) is 29.2 Å². The van der Waals surface area contributed by atoms with Gasteiger partial charge >= 0.3 is 0 Å². The Morgan fingerprint density at radius 2 is 2.20 bits per heavy atom. The van der Waals surface area contributed by atoms with Crippen LogP contribution in [-0.4, -0.2) is 49.1 Å². The highest BCUT2D eigenvalue weighted by atomic mass is 16.5. The quantitative estimate of drug-likeness (QED) is 0.796. The summed E-state index contributed by atoms with van der Waals surface area (Å²) in [5.74, 6) is 0.176. The van der Waals surface area contributed by atoms with E-state index >= 15 is 0 Å². The minimum Gasteiger partial charge on any atom is -0.376 e. The first kappa shape index (κ1) is 17.9. The van der Waals surface area contributed by atoms with Crippen LogP contribution in [0.1, 0.15) is 55.8 Å². The Morgan fingerprint density at radius 3 is 2.88 bits per heavy atom. The van der Waals surface area contributed by atoms with E-state index in [9.17, 15) is 9.59 Å². The minimum atomic E-state index is 0.0320. The van der Waals surface area contributed by atoms with Gasteiger partial charge in [-0.1, -0.05) is 13.0 Å². The van der Waals surface area contributed by atoms with Gasteiger partial charge in [-0.15, -0.1) is 0 Å². The maximum Gasteiger partial charge on any atom is 0.254 e. The summed E-state index contributed by atoms with van der Waals surface area (Å²) in [4.78, 5) is 28.7. The van der Waals surface area contributed by atoms with Crippen molar-refractivity contribution in [2.24, 2.45) is 0 Å². The Bertz CT molecular complexity index is 611. The molecule has 0 aromatic heterocycles. The summed E-state index contributed by atoms with van der Waals surface area (Å²) in [5.41, 5.74) is 1.49. The van der Waals surface area contributed by atoms with Gasteiger partial charge in [0.2, 0.25) is 5.91 Å². The highest BCUT2D eigenvalue weighted by Crippen LogP contribution is 2.23. The molecule has 2 amide bonds. The van der Waals surface area contributed by atoms with Crippen molar-refractivity contribution in [2.75, 3.05) is 31.1 Å². The molecule has 1 aromatic rings. The second-order valence-corrected chi connectivity index (χ2v) is 6.94. The van der Waals surface area contributed by atoms with Crippen molar-refractivity contribution in [3.8, 4) is 0 Å². The van der Waals surface area contributed by atoms with Crippen LogP contribution in [0, 0.1) is 0 Å². The molecule has 136 valence electrons. The minimum absolute atomic E-state index is 0.0320. The molecule has 0 aliphatic carbocycles. The standard InChI is InChI=1S/C20H28N2O3/c1-2-11-21(15-18-9-3-4-13-25-18)20(24)16-7-5-8-17(14-16)22-12-6-10-19(22)23/h5,7-8,14,18H,2-4,6,9-13,15H2,1H3/t18-/m1/s1. The number of hydrogen-bond acceptors (Lipinski definition) is 3. The SMILES string of the molecule is CCCN(C[C@H]1CCCCO1)C(=O)c1cccc(N2CCCC2=O)c1. The van der Waals surface area contributed by atoms with E-state index in [-0.39, 0.29) is 17.9 Å². The number of carbonyl (C=O) groups is 2. The second kappa shape index (κ2) is 8.48. The van der Waals surface area contributed by atoms with Crippen LogP contribution in [0.25, 0.3) is 0 Å². The summed E-state index contributed by atoms with van der Waals surface area (Å²) < 4.78 is 5.81. The van der Waals surface area contributed by atoms with E-state index < -0.39 is 0 Å². The largest absolute Gasteiger partial charge is 0.376 e. The summed E-state index contributed by atoms with van der Waals surface area (Å²) in [6, 6.07) is 7.48. The lowest BCUT2D eigenvalue weighted by Gasteiger charge is -2.30. The zero-order chi connectivity index (χ0) is 17.6. The molecular weight excluding hydrogens is 316 g/mol. The number of rotatable bonds is 6. The maximum absolute atomic E-state index is 13.0. The van der Waals surface area contributed by atoms with Crippen LogP contribution in [-0.2, 0) is 9.53 Å². The van der Waals surface area contributed by atoms with E-state index in [0.717, 1.165) is 51.1 Å². The smallest absolute Gasteiger partial charge is 0.254 e. The molecule has 2 aliphatic rings. The Morgan fingerprint density at radius 1 is 1.32 bits per heavy atom. The highest BCUT2D eigenvalue weighted by Gasteiger charge is 2.25. The average Bonchev–Trinajstić information content (AvgIpc) is 3.08. The van der Waals surface area contributed by atoms with Gasteiger partial charge < -0.3 is 14.5 Å². The first-order valence-corrected chi connectivity index (χ1v) is 9.50. The van der Waals surface area contributed by atoms with Gasteiger partial charge in [0.1, 0.15) is 0 Å². The summed E-state index contributed by atoms with van der Waals surface area (Å²) >= 11 is 0. The molecule has 2 saturated heterocycles. The van der Waals surface area contributed by atoms with Gasteiger partial charge in [0, 0.05) is 43.9 Å². The lowest BCUT2D eigenvalue weighted by molar-refractivity contribution is -0.117. The maximum atomic E-state index is 13.0. The molecule has 0 bridgehead atoms. The number of benzene rings is 1. The molecule has 25 heavy (non-hydrogen) atoms. The van der Waals surface area contributed by atoms with E-state index in [2.05, 4.69) is 6.92 Å². The van der Waals surface area contributed by atoms with Crippen LogP contribution in [0.2, 0.25) is 0 Å². The Kier molecular flexibility index (Phi) is 6.08. The molecule has 0 spiro atoms. The van der Waals surface area contributed by atoms with Gasteiger partial charge in [-0.25, -0.2) is 0 Å². The van der Waals surface area contributed by atoms with Crippen molar-refractivity contribution in [3.63, 3.8) is 0 Å². The van der Waals surface area contributed by atoms with Crippen molar-refractivity contribution >= 4 is 17.5 Å². The molecule has 1 aromatic carbocycles. The number of anilines is 1. The van der Waals surface area contributed by atoms with Gasteiger partial charge in [-0.2, -0.15) is 0 Å². The van der Waals surface area contributed by atoms with Crippen LogP contribution in [0.5, 0.6) is 0 Å². The van der Waals surface area contributed by atoms with Crippen LogP contribution in [0.4, 0.5) is 5.69 Å². The third kappa shape index (κ3) is 4.40. The van der Waals surface area contributed by atoms with Gasteiger partial charge in [0.25, 0.3) is 5.91 Å². The lowest BCUT2D eigenvalue weighted by Crippen LogP contribution is -2.40. The number of amides is 2. The zero-order valence-electron chi connectivity index (χ0n) is 15.1. The summed E-state index contributed by atoms with van der Waals surface area (Å²) in [5, 5.41) is 0. The zero-order valence-corrected chi connectivity index (χ0v) is 15.1. The van der Waals surface area contributed by atoms with Crippen LogP contribution in [0.15, 0.2) is 24.3 Å². The van der Waals surface area contributed by atoms with Crippen molar-refractivity contribution in [1.82, 2.24) is 4.90 Å². The van der Waals surface area contributed by atoms with Crippen LogP contribution >= 0.6 is 0 Å². The van der Waals surface area contributed by atoms with E-state index in [0.29, 0.717) is 18.5 Å². The highest BCUT2D eigenvalue weighted by molar-refractivity contribution is 5.99. The number of carbonyl (C=O) groups excluding carboxylic acids is 2. The fourth-order valence-electron chi connectivity index (χ4n) is 3.65. The fourth-order valence-corrected chi connectivity index (χ4v) is 3.65. The molecule has 2 fully saturated rings. The molecule has 0 saturated carbocycles. The average molecular weight is 344 g/mol. The van der Waals surface area contributed by atoms with Crippen molar-refractivity contribution in [1.29, 1.82) is 0 Å². The van der Waals surface area contributed by atoms with Gasteiger partial charge in [0.05, 0.1) is 6.10 Å². The molecule has 0 unspecified atom stereocenters. The molecule has 5 nitrogen and oxygen atoms in total. The molecule has 0 radical (unpaired) electrons. The second-order valence-electron chi connectivity index (χ2n) is 6.94. The first-order chi connectivity index (χ1) is 12.2. The Hall–Kier alpha value is -1.88. The van der Waals surface area contributed by atoms with Crippen molar-refractivity contribution in [2.45, 2.75) is 51.6 Å². The fraction of sp³-hybridized carbons (Fsp3) is 0.600. The molecule has 1 atom stereocenters. The number of nitrogens with zero attached hydrogens (tertiary/aromatic N) is 2. The predicted octanol–water partition coefficient (Wildman–Crippen LogP) is 3.23. The molecular formula is C20H28N2O3. The summed E-state index contributed by atoms with van der Waals surface area (Å²) in [7, 11) is 0. The van der Waals surface area contributed by atoms with Gasteiger partial charge in [-0.3, -0.25) is 9.59 Å². The Labute approximate surface area is 149 Å². The molecule has 2 aliphatic heterocycles. The number of hydrogen-bond donors (Lipinski definition) is 0. The Balaban J connectivity index is 1.73. The van der Waals surface area contributed by atoms with E-state index in [1.165, 1.54) is 6.42 Å². The van der Waals surface area contributed by atoms with Crippen molar-refractivity contribution < 1.29 is 14.3 Å². The molecule has 0 N–H and O–H groups in total. The van der Waals surface area contributed by atoms with E-state index in [4.69, 9.17) is 4.74 Å². The van der Waals surface area contributed by atoms with Gasteiger partial charge in [-0.05, 0) is 50.3 Å². The monoisotopic (exact) mass is 344 g/mol. The predicted molar refractivity (Wildman–Crippen MR) is 97.8 cm³/mol. The topological polar surface area (TPSA) is 49.9 Å². The third-order valence-corrected chi connectivity index (χ3v) is 4.96. The van der Waals surface area contributed by atoms with Crippen LogP contribution in [0.3, 0.4) is 0 Å². The van der Waals surface area contributed by atoms with Crippen LogP contribution < -0.4 is 4.90 Å². The normalized spacial score (nSPS) is 20.8.